The molecule has 0 radical (unpaired) electrons. The number of rotatable bonds is 4. The quantitative estimate of drug-likeness (QED) is 0.314. The van der Waals surface area contributed by atoms with Crippen molar-refractivity contribution < 1.29 is 9.53 Å². The summed E-state index contributed by atoms with van der Waals surface area (Å²) in [6, 6.07) is 29.2. The van der Waals surface area contributed by atoms with Gasteiger partial charge in [0, 0.05) is 60.3 Å². The molecular formula is C32H32N3O2+. The molecule has 1 aromatic heterocycles. The molecule has 3 aromatic carbocycles. The maximum atomic E-state index is 11.8. The van der Waals surface area contributed by atoms with Gasteiger partial charge in [-0.1, -0.05) is 54.6 Å². The van der Waals surface area contributed by atoms with Crippen LogP contribution in [0.4, 0.5) is 11.5 Å². The standard InChI is InChI=1S/C32H31N3O2/c1-22(36)34-28-11-5-3-9-25(28)24-14-15-27-30(21-24)37-29-12-6-4-10-26(29)32(27)23-16-19-35(2,20-17-23)31-13-7-8-18-33-31/h3-15,18,21,23,32H,16-17,19-20H2,1-2H3/p+1. The van der Waals surface area contributed by atoms with Crippen LogP contribution in [0.3, 0.4) is 0 Å². The molecule has 1 atom stereocenters. The predicted molar refractivity (Wildman–Crippen MR) is 149 cm³/mol. The molecule has 2 aliphatic heterocycles. The summed E-state index contributed by atoms with van der Waals surface area (Å²) in [5.41, 5.74) is 5.35. The van der Waals surface area contributed by atoms with Crippen molar-refractivity contribution in [2.24, 2.45) is 5.92 Å². The molecule has 6 rings (SSSR count). The van der Waals surface area contributed by atoms with Crippen molar-refractivity contribution in [1.82, 2.24) is 9.47 Å². The molecule has 2 aliphatic rings. The predicted octanol–water partition coefficient (Wildman–Crippen LogP) is 6.99. The number of nitrogens with one attached hydrogen (secondary N) is 1. The first-order valence-electron chi connectivity index (χ1n) is 13.1. The lowest BCUT2D eigenvalue weighted by atomic mass is 9.74. The summed E-state index contributed by atoms with van der Waals surface area (Å²) in [7, 11) is 2.31. The van der Waals surface area contributed by atoms with Crippen LogP contribution in [0.25, 0.3) is 11.1 Å². The van der Waals surface area contributed by atoms with Gasteiger partial charge in [0.05, 0.1) is 20.1 Å². The van der Waals surface area contributed by atoms with E-state index in [2.05, 4.69) is 65.9 Å². The average molecular weight is 491 g/mol. The number of carbonyl (C=O) groups excluding carboxylic acids is 1. The Bertz CT molecular complexity index is 1440. The van der Waals surface area contributed by atoms with Crippen molar-refractivity contribution >= 4 is 17.4 Å². The molecule has 4 aromatic rings. The van der Waals surface area contributed by atoms with Gasteiger partial charge >= 0.3 is 0 Å². The van der Waals surface area contributed by atoms with Crippen LogP contribution in [0.5, 0.6) is 11.5 Å². The Kier molecular flexibility index (Phi) is 6.01. The van der Waals surface area contributed by atoms with Crippen LogP contribution in [-0.2, 0) is 4.79 Å². The van der Waals surface area contributed by atoms with Crippen LogP contribution >= 0.6 is 0 Å². The number of pyridine rings is 1. The zero-order valence-electron chi connectivity index (χ0n) is 21.4. The Morgan fingerprint density at radius 3 is 2.41 bits per heavy atom. The first-order valence-corrected chi connectivity index (χ1v) is 13.1. The Labute approximate surface area is 218 Å². The number of nitrogens with zero attached hydrogens (tertiary/aromatic N) is 2. The second-order valence-electron chi connectivity index (χ2n) is 10.5. The number of aromatic nitrogens is 1. The summed E-state index contributed by atoms with van der Waals surface area (Å²) < 4.78 is 7.37. The number of quaternary nitrogens is 1. The third-order valence-electron chi connectivity index (χ3n) is 8.03. The van der Waals surface area contributed by atoms with E-state index in [1.165, 1.54) is 18.1 Å². The van der Waals surface area contributed by atoms with E-state index in [4.69, 9.17) is 4.74 Å². The van der Waals surface area contributed by atoms with Crippen molar-refractivity contribution in [3.8, 4) is 22.6 Å². The van der Waals surface area contributed by atoms with Gasteiger partial charge in [-0.05, 0) is 35.7 Å². The number of amides is 1. The molecule has 5 nitrogen and oxygen atoms in total. The third kappa shape index (κ3) is 4.40. The van der Waals surface area contributed by atoms with E-state index in [0.717, 1.165) is 64.5 Å². The molecule has 0 aliphatic carbocycles. The lowest BCUT2D eigenvalue weighted by Gasteiger charge is -2.42. The smallest absolute Gasteiger partial charge is 0.227 e. The zero-order valence-corrected chi connectivity index (χ0v) is 21.4. The topological polar surface area (TPSA) is 51.2 Å². The fourth-order valence-electron chi connectivity index (χ4n) is 6.10. The molecule has 1 N–H and O–H groups in total. The van der Waals surface area contributed by atoms with Crippen molar-refractivity contribution in [1.29, 1.82) is 0 Å². The second kappa shape index (κ2) is 9.49. The van der Waals surface area contributed by atoms with Crippen molar-refractivity contribution in [2.75, 3.05) is 25.5 Å². The summed E-state index contributed by atoms with van der Waals surface area (Å²) in [4.78, 5) is 16.5. The number of carbonyl (C=O) groups is 1. The van der Waals surface area contributed by atoms with Gasteiger partial charge in [-0.2, -0.15) is 0 Å². The van der Waals surface area contributed by atoms with Gasteiger partial charge in [0.25, 0.3) is 0 Å². The molecule has 5 heteroatoms. The first-order chi connectivity index (χ1) is 18.0. The molecule has 0 spiro atoms. The monoisotopic (exact) mass is 490 g/mol. The highest BCUT2D eigenvalue weighted by Crippen LogP contribution is 2.51. The highest BCUT2D eigenvalue weighted by molar-refractivity contribution is 5.94. The van der Waals surface area contributed by atoms with E-state index in [1.54, 1.807) is 0 Å². The first kappa shape index (κ1) is 23.4. The molecule has 186 valence electrons. The van der Waals surface area contributed by atoms with Gasteiger partial charge in [0.15, 0.2) is 0 Å². The summed E-state index contributed by atoms with van der Waals surface area (Å²) in [6.07, 6.45) is 4.15. The minimum Gasteiger partial charge on any atom is -0.457 e. The van der Waals surface area contributed by atoms with Crippen LogP contribution in [0.2, 0.25) is 0 Å². The van der Waals surface area contributed by atoms with Crippen molar-refractivity contribution in [3.05, 3.63) is 102 Å². The SMILES string of the molecule is CC(=O)Nc1ccccc1-c1ccc2c(c1)Oc1ccccc1C2C1CC[N+](C)(c2ccccn2)CC1. The van der Waals surface area contributed by atoms with Crippen LogP contribution < -0.4 is 14.5 Å². The van der Waals surface area contributed by atoms with Crippen LogP contribution in [0, 0.1) is 5.92 Å². The Hall–Kier alpha value is -3.96. The van der Waals surface area contributed by atoms with Crippen molar-refractivity contribution in [2.45, 2.75) is 25.7 Å². The van der Waals surface area contributed by atoms with Crippen LogP contribution in [-0.4, -0.2) is 31.0 Å². The number of benzene rings is 3. The number of hydrogen-bond donors (Lipinski definition) is 1. The zero-order chi connectivity index (χ0) is 25.4. The van der Waals surface area contributed by atoms with E-state index in [9.17, 15) is 4.79 Å². The number of fused-ring (bicyclic) bond motifs is 2. The van der Waals surface area contributed by atoms with Gasteiger partial charge in [-0.3, -0.25) is 9.28 Å². The minimum absolute atomic E-state index is 0.0796. The van der Waals surface area contributed by atoms with Crippen molar-refractivity contribution in [3.63, 3.8) is 0 Å². The molecule has 0 bridgehead atoms. The highest BCUT2D eigenvalue weighted by Gasteiger charge is 2.40. The maximum absolute atomic E-state index is 11.8. The van der Waals surface area contributed by atoms with E-state index in [1.807, 2.05) is 42.6 Å². The summed E-state index contributed by atoms with van der Waals surface area (Å²) in [5, 5.41) is 2.96. The molecule has 37 heavy (non-hydrogen) atoms. The minimum atomic E-state index is -0.0796. The number of piperidine rings is 1. The molecule has 3 heterocycles. The summed E-state index contributed by atoms with van der Waals surface area (Å²) in [5.74, 6) is 3.74. The fourth-order valence-corrected chi connectivity index (χ4v) is 6.10. The summed E-state index contributed by atoms with van der Waals surface area (Å²) >= 11 is 0. The normalized spacial score (nSPS) is 22.3. The Balaban J connectivity index is 1.35. The fraction of sp³-hybridized carbons (Fsp3) is 0.250. The average Bonchev–Trinajstić information content (AvgIpc) is 2.92. The summed E-state index contributed by atoms with van der Waals surface area (Å²) in [6.45, 7) is 3.67. The number of para-hydroxylation sites is 2. The lowest BCUT2D eigenvalue weighted by molar-refractivity contribution is -0.114. The van der Waals surface area contributed by atoms with E-state index in [0.29, 0.717) is 5.92 Å². The number of anilines is 1. The molecular weight excluding hydrogens is 458 g/mol. The second-order valence-corrected chi connectivity index (χ2v) is 10.5. The molecule has 1 saturated heterocycles. The Morgan fingerprint density at radius 2 is 1.62 bits per heavy atom. The van der Waals surface area contributed by atoms with Gasteiger partial charge in [0.1, 0.15) is 11.5 Å². The van der Waals surface area contributed by atoms with Gasteiger partial charge < -0.3 is 10.1 Å². The highest BCUT2D eigenvalue weighted by atomic mass is 16.5. The number of ether oxygens (including phenoxy) is 1. The van der Waals surface area contributed by atoms with Crippen LogP contribution in [0.1, 0.15) is 36.8 Å². The maximum Gasteiger partial charge on any atom is 0.227 e. The molecule has 1 fully saturated rings. The third-order valence-corrected chi connectivity index (χ3v) is 8.03. The van der Waals surface area contributed by atoms with Gasteiger partial charge in [-0.25, -0.2) is 4.98 Å². The largest absolute Gasteiger partial charge is 0.457 e. The number of likely N-dealkylation sites (tertiary alicyclic amines) is 1. The molecule has 0 saturated carbocycles. The lowest BCUT2D eigenvalue weighted by Crippen LogP contribution is -2.52. The molecule has 1 unspecified atom stereocenters. The van der Waals surface area contributed by atoms with Gasteiger partial charge in [-0.15, -0.1) is 0 Å². The van der Waals surface area contributed by atoms with E-state index in [-0.39, 0.29) is 11.8 Å². The number of hydrogen-bond acceptors (Lipinski definition) is 3. The van der Waals surface area contributed by atoms with E-state index >= 15 is 0 Å². The van der Waals surface area contributed by atoms with E-state index < -0.39 is 0 Å². The van der Waals surface area contributed by atoms with Crippen LogP contribution in [0.15, 0.2) is 91.1 Å². The molecule has 1 amide bonds. The Morgan fingerprint density at radius 1 is 0.892 bits per heavy atom. The van der Waals surface area contributed by atoms with Gasteiger partial charge in [0.2, 0.25) is 11.7 Å².